The molecule has 1 heterocycles. The number of halogens is 3. The zero-order valence-corrected chi connectivity index (χ0v) is 15.4. The first-order valence-corrected chi connectivity index (χ1v) is 9.12. The molecule has 1 atom stereocenters. The highest BCUT2D eigenvalue weighted by atomic mass is 35.5. The maximum atomic E-state index is 14.0. The Hall–Kier alpha value is -1.79. The molecule has 0 radical (unpaired) electrons. The Balaban J connectivity index is 1.92. The van der Waals surface area contributed by atoms with Crippen LogP contribution in [0.15, 0.2) is 36.4 Å². The molecular formula is C18H17ClF2N2OS. The summed E-state index contributed by atoms with van der Waals surface area (Å²) in [6, 6.07) is 9.29. The minimum absolute atomic E-state index is 0.107. The minimum Gasteiger partial charge on any atom is -0.378 e. The highest BCUT2D eigenvalue weighted by Gasteiger charge is 2.35. The fourth-order valence-electron chi connectivity index (χ4n) is 2.73. The summed E-state index contributed by atoms with van der Waals surface area (Å²) in [6.07, 6.45) is 0. The standard InChI is InChI=1S/C18H17ClF2N2OS/c1-22(2)11-6-7-12(14(19)8-11)18-23(17(24)10-25-18)9-13-15(20)4-3-5-16(13)21/h3-8,18H,9-10H2,1-2H3. The van der Waals surface area contributed by atoms with Crippen LogP contribution in [-0.4, -0.2) is 30.7 Å². The second-order valence-electron chi connectivity index (χ2n) is 5.99. The quantitative estimate of drug-likeness (QED) is 0.780. The van der Waals surface area contributed by atoms with Gasteiger partial charge in [0.05, 0.1) is 12.3 Å². The molecule has 0 saturated carbocycles. The summed E-state index contributed by atoms with van der Waals surface area (Å²) in [6.45, 7) is -0.124. The van der Waals surface area contributed by atoms with E-state index in [4.69, 9.17) is 11.6 Å². The van der Waals surface area contributed by atoms with Crippen LogP contribution in [0.2, 0.25) is 5.02 Å². The van der Waals surface area contributed by atoms with Gasteiger partial charge in [-0.05, 0) is 24.3 Å². The van der Waals surface area contributed by atoms with E-state index in [0.29, 0.717) is 5.02 Å². The molecule has 0 aromatic heterocycles. The highest BCUT2D eigenvalue weighted by molar-refractivity contribution is 8.00. The van der Waals surface area contributed by atoms with Crippen molar-refractivity contribution < 1.29 is 13.6 Å². The zero-order valence-electron chi connectivity index (χ0n) is 13.8. The van der Waals surface area contributed by atoms with Crippen LogP contribution in [0.1, 0.15) is 16.5 Å². The number of rotatable bonds is 4. The van der Waals surface area contributed by atoms with E-state index >= 15 is 0 Å². The van der Waals surface area contributed by atoms with Crippen molar-refractivity contribution in [3.05, 3.63) is 64.2 Å². The molecule has 25 heavy (non-hydrogen) atoms. The van der Waals surface area contributed by atoms with Crippen LogP contribution in [0, 0.1) is 11.6 Å². The lowest BCUT2D eigenvalue weighted by molar-refractivity contribution is -0.128. The molecule has 1 aliphatic heterocycles. The van der Waals surface area contributed by atoms with E-state index in [1.807, 2.05) is 37.2 Å². The van der Waals surface area contributed by atoms with Gasteiger partial charge in [0, 0.05) is 35.9 Å². The zero-order chi connectivity index (χ0) is 18.1. The molecule has 1 saturated heterocycles. The summed E-state index contributed by atoms with van der Waals surface area (Å²) in [7, 11) is 3.82. The average molecular weight is 383 g/mol. The van der Waals surface area contributed by atoms with Crippen LogP contribution < -0.4 is 4.90 Å². The summed E-state index contributed by atoms with van der Waals surface area (Å²) in [5.74, 6) is -1.22. The van der Waals surface area contributed by atoms with E-state index in [2.05, 4.69) is 0 Å². The molecule has 3 rings (SSSR count). The third-order valence-electron chi connectivity index (χ3n) is 4.12. The number of carbonyl (C=O) groups is 1. The summed E-state index contributed by atoms with van der Waals surface area (Å²) in [4.78, 5) is 15.7. The van der Waals surface area contributed by atoms with E-state index < -0.39 is 11.6 Å². The van der Waals surface area contributed by atoms with Gasteiger partial charge in [-0.3, -0.25) is 4.79 Å². The van der Waals surface area contributed by atoms with Gasteiger partial charge in [-0.2, -0.15) is 0 Å². The molecule has 2 aromatic carbocycles. The Morgan fingerprint density at radius 1 is 1.24 bits per heavy atom. The van der Waals surface area contributed by atoms with Crippen molar-refractivity contribution >= 4 is 35.0 Å². The summed E-state index contributed by atoms with van der Waals surface area (Å²) >= 11 is 7.81. The second-order valence-corrected chi connectivity index (χ2v) is 7.46. The Morgan fingerprint density at radius 3 is 2.52 bits per heavy atom. The average Bonchev–Trinajstić information content (AvgIpc) is 2.91. The number of benzene rings is 2. The van der Waals surface area contributed by atoms with Gasteiger partial charge in [-0.15, -0.1) is 11.8 Å². The number of hydrogen-bond donors (Lipinski definition) is 0. The molecule has 132 valence electrons. The highest BCUT2D eigenvalue weighted by Crippen LogP contribution is 2.43. The molecule has 1 fully saturated rings. The summed E-state index contributed by atoms with van der Waals surface area (Å²) in [5.41, 5.74) is 1.60. The van der Waals surface area contributed by atoms with Crippen molar-refractivity contribution in [2.45, 2.75) is 11.9 Å². The molecule has 0 aliphatic carbocycles. The van der Waals surface area contributed by atoms with Crippen molar-refractivity contribution in [2.24, 2.45) is 0 Å². The summed E-state index contributed by atoms with van der Waals surface area (Å²) in [5, 5.41) is 0.160. The number of nitrogens with zero attached hydrogens (tertiary/aromatic N) is 2. The van der Waals surface area contributed by atoms with Crippen LogP contribution in [-0.2, 0) is 11.3 Å². The van der Waals surface area contributed by atoms with Gasteiger partial charge in [0.1, 0.15) is 17.0 Å². The fourth-order valence-corrected chi connectivity index (χ4v) is 4.30. The molecule has 1 amide bonds. The molecule has 1 aliphatic rings. The molecule has 3 nitrogen and oxygen atoms in total. The van der Waals surface area contributed by atoms with Crippen LogP contribution in [0.3, 0.4) is 0 Å². The maximum absolute atomic E-state index is 14.0. The molecule has 1 unspecified atom stereocenters. The number of thioether (sulfide) groups is 1. The van der Waals surface area contributed by atoms with Crippen LogP contribution in [0.5, 0.6) is 0 Å². The SMILES string of the molecule is CN(C)c1ccc(C2SCC(=O)N2Cc2c(F)cccc2F)c(Cl)c1. The van der Waals surface area contributed by atoms with Crippen LogP contribution >= 0.6 is 23.4 Å². The third kappa shape index (κ3) is 3.60. The maximum Gasteiger partial charge on any atom is 0.234 e. The van der Waals surface area contributed by atoms with Gasteiger partial charge < -0.3 is 9.80 Å². The molecular weight excluding hydrogens is 366 g/mol. The Bertz CT molecular complexity index is 795. The molecule has 7 heteroatoms. The lowest BCUT2D eigenvalue weighted by Gasteiger charge is -2.26. The second kappa shape index (κ2) is 7.22. The van der Waals surface area contributed by atoms with Crippen molar-refractivity contribution in [3.63, 3.8) is 0 Å². The number of amides is 1. The largest absolute Gasteiger partial charge is 0.378 e. The molecule has 2 aromatic rings. The monoisotopic (exact) mass is 382 g/mol. The Morgan fingerprint density at radius 2 is 1.92 bits per heavy atom. The van der Waals surface area contributed by atoms with Crippen molar-refractivity contribution in [2.75, 3.05) is 24.7 Å². The van der Waals surface area contributed by atoms with Gasteiger partial charge in [0.25, 0.3) is 0 Å². The van der Waals surface area contributed by atoms with Crippen molar-refractivity contribution in [1.29, 1.82) is 0 Å². The number of carbonyl (C=O) groups excluding carboxylic acids is 1. The van der Waals surface area contributed by atoms with Gasteiger partial charge in [0.2, 0.25) is 5.91 Å². The normalized spacial score (nSPS) is 17.2. The number of hydrogen-bond acceptors (Lipinski definition) is 3. The van der Waals surface area contributed by atoms with Crippen molar-refractivity contribution in [1.82, 2.24) is 4.90 Å². The predicted octanol–water partition coefficient (Wildman–Crippen LogP) is 4.46. The third-order valence-corrected chi connectivity index (χ3v) is 5.69. The Labute approximate surface area is 154 Å². The van der Waals surface area contributed by atoms with Gasteiger partial charge >= 0.3 is 0 Å². The fraction of sp³-hybridized carbons (Fsp3) is 0.278. The van der Waals surface area contributed by atoms with Gasteiger partial charge in [-0.1, -0.05) is 23.7 Å². The van der Waals surface area contributed by atoms with Crippen LogP contribution in [0.4, 0.5) is 14.5 Å². The van der Waals surface area contributed by atoms with Gasteiger partial charge in [0.15, 0.2) is 0 Å². The van der Waals surface area contributed by atoms with E-state index in [1.54, 1.807) is 0 Å². The van der Waals surface area contributed by atoms with Crippen molar-refractivity contribution in [3.8, 4) is 0 Å². The molecule has 0 spiro atoms. The van der Waals surface area contributed by atoms with E-state index in [9.17, 15) is 13.6 Å². The van der Waals surface area contributed by atoms with Gasteiger partial charge in [-0.25, -0.2) is 8.78 Å². The first kappa shape index (κ1) is 18.0. The first-order chi connectivity index (χ1) is 11.9. The molecule has 0 bridgehead atoms. The van der Waals surface area contributed by atoms with Crippen LogP contribution in [0.25, 0.3) is 0 Å². The van der Waals surface area contributed by atoms with E-state index in [0.717, 1.165) is 11.3 Å². The van der Waals surface area contributed by atoms with E-state index in [-0.39, 0.29) is 29.1 Å². The minimum atomic E-state index is -0.655. The lowest BCUT2D eigenvalue weighted by Crippen LogP contribution is -2.28. The summed E-state index contributed by atoms with van der Waals surface area (Å²) < 4.78 is 27.9. The Kier molecular flexibility index (Phi) is 5.20. The predicted molar refractivity (Wildman–Crippen MR) is 97.9 cm³/mol. The van der Waals surface area contributed by atoms with E-state index in [1.165, 1.54) is 34.9 Å². The number of anilines is 1. The lowest BCUT2D eigenvalue weighted by atomic mass is 10.1. The first-order valence-electron chi connectivity index (χ1n) is 7.69. The topological polar surface area (TPSA) is 23.6 Å². The smallest absolute Gasteiger partial charge is 0.234 e. The molecule has 0 N–H and O–H groups in total.